The normalized spacial score (nSPS) is 16.3. The minimum atomic E-state index is -0.747. The minimum Gasteiger partial charge on any atom is -0.481 e. The summed E-state index contributed by atoms with van der Waals surface area (Å²) in [6.45, 7) is 2.21. The lowest BCUT2D eigenvalue weighted by Crippen LogP contribution is -2.20. The Bertz CT molecular complexity index is 693. The average molecular weight is 281 g/mol. The predicted octanol–water partition coefficient (Wildman–Crippen LogP) is 3.94. The number of carbonyl (C=O) groups is 1. The maximum atomic E-state index is 10.7. The lowest BCUT2D eigenvalue weighted by Gasteiger charge is -2.34. The number of aliphatic carboxylic acids is 1. The summed E-state index contributed by atoms with van der Waals surface area (Å²) in [4.78, 5) is 12.9. The molecule has 1 N–H and O–H groups in total. The van der Waals surface area contributed by atoms with Gasteiger partial charge in [-0.25, -0.2) is 0 Å². The standard InChI is InChI=1S/C18H19NO2/c1-12-14-5-3-4-6-16(14)19(2)17-9-7-13(11-15(12)17)8-10-18(20)21/h3-7,9,11-12H,8,10H2,1-2H3,(H,20,21). The molecule has 0 saturated heterocycles. The molecule has 0 aromatic heterocycles. The Kier molecular flexibility index (Phi) is 3.42. The molecule has 3 nitrogen and oxygen atoms in total. The highest BCUT2D eigenvalue weighted by atomic mass is 16.4. The van der Waals surface area contributed by atoms with Gasteiger partial charge >= 0.3 is 5.97 Å². The van der Waals surface area contributed by atoms with E-state index in [0.717, 1.165) is 5.56 Å². The van der Waals surface area contributed by atoms with Crippen LogP contribution < -0.4 is 4.90 Å². The van der Waals surface area contributed by atoms with Gasteiger partial charge in [-0.15, -0.1) is 0 Å². The van der Waals surface area contributed by atoms with E-state index in [1.807, 2.05) is 6.07 Å². The van der Waals surface area contributed by atoms with Crippen LogP contribution in [0.2, 0.25) is 0 Å². The summed E-state index contributed by atoms with van der Waals surface area (Å²) in [6, 6.07) is 14.8. The molecule has 0 saturated carbocycles. The molecule has 21 heavy (non-hydrogen) atoms. The largest absolute Gasteiger partial charge is 0.481 e. The van der Waals surface area contributed by atoms with E-state index in [2.05, 4.69) is 55.3 Å². The number of benzene rings is 2. The van der Waals surface area contributed by atoms with Gasteiger partial charge in [0.25, 0.3) is 0 Å². The number of hydrogen-bond acceptors (Lipinski definition) is 2. The highest BCUT2D eigenvalue weighted by Crippen LogP contribution is 2.44. The first kappa shape index (κ1) is 13.7. The lowest BCUT2D eigenvalue weighted by atomic mass is 9.85. The Hall–Kier alpha value is -2.29. The van der Waals surface area contributed by atoms with Crippen LogP contribution in [0.1, 0.15) is 36.0 Å². The van der Waals surface area contributed by atoms with Crippen molar-refractivity contribution >= 4 is 17.3 Å². The summed E-state index contributed by atoms with van der Waals surface area (Å²) in [7, 11) is 2.08. The van der Waals surface area contributed by atoms with E-state index in [4.69, 9.17) is 5.11 Å². The van der Waals surface area contributed by atoms with Crippen molar-refractivity contribution in [3.05, 3.63) is 59.2 Å². The summed E-state index contributed by atoms with van der Waals surface area (Å²) in [5.41, 5.74) is 6.15. The number of carboxylic acid groups (broad SMARTS) is 1. The van der Waals surface area contributed by atoms with Gasteiger partial charge in [0.2, 0.25) is 0 Å². The van der Waals surface area contributed by atoms with Gasteiger partial charge in [-0.3, -0.25) is 4.79 Å². The van der Waals surface area contributed by atoms with Crippen LogP contribution in [0.15, 0.2) is 42.5 Å². The molecule has 0 aliphatic carbocycles. The van der Waals surface area contributed by atoms with Crippen LogP contribution in [-0.2, 0) is 11.2 Å². The van der Waals surface area contributed by atoms with Crippen molar-refractivity contribution in [1.82, 2.24) is 0 Å². The van der Waals surface area contributed by atoms with Gasteiger partial charge in [0, 0.05) is 30.8 Å². The second-order valence-corrected chi connectivity index (χ2v) is 5.63. The van der Waals surface area contributed by atoms with Crippen LogP contribution in [0.4, 0.5) is 11.4 Å². The zero-order chi connectivity index (χ0) is 15.0. The van der Waals surface area contributed by atoms with Crippen molar-refractivity contribution < 1.29 is 9.90 Å². The van der Waals surface area contributed by atoms with Gasteiger partial charge in [-0.2, -0.15) is 0 Å². The van der Waals surface area contributed by atoms with Crippen molar-refractivity contribution in [2.75, 3.05) is 11.9 Å². The Labute approximate surface area is 124 Å². The summed E-state index contributed by atoms with van der Waals surface area (Å²) in [5, 5.41) is 8.83. The average Bonchev–Trinajstić information content (AvgIpc) is 2.50. The summed E-state index contributed by atoms with van der Waals surface area (Å²) < 4.78 is 0. The van der Waals surface area contributed by atoms with E-state index < -0.39 is 5.97 Å². The minimum absolute atomic E-state index is 0.180. The van der Waals surface area contributed by atoms with Crippen LogP contribution in [-0.4, -0.2) is 18.1 Å². The second kappa shape index (κ2) is 5.24. The highest BCUT2D eigenvalue weighted by molar-refractivity contribution is 5.75. The smallest absolute Gasteiger partial charge is 0.303 e. The fourth-order valence-corrected chi connectivity index (χ4v) is 3.12. The van der Waals surface area contributed by atoms with E-state index in [9.17, 15) is 4.79 Å². The first-order valence-corrected chi connectivity index (χ1v) is 7.25. The maximum Gasteiger partial charge on any atom is 0.303 e. The fourth-order valence-electron chi connectivity index (χ4n) is 3.12. The molecular weight excluding hydrogens is 262 g/mol. The molecule has 1 atom stereocenters. The van der Waals surface area contributed by atoms with Crippen molar-refractivity contribution in [2.24, 2.45) is 0 Å². The van der Waals surface area contributed by atoms with Crippen LogP contribution in [0, 0.1) is 0 Å². The number of aryl methyl sites for hydroxylation is 1. The highest BCUT2D eigenvalue weighted by Gasteiger charge is 2.25. The Morgan fingerprint density at radius 1 is 1.14 bits per heavy atom. The number of nitrogens with zero attached hydrogens (tertiary/aromatic N) is 1. The van der Waals surface area contributed by atoms with E-state index in [-0.39, 0.29) is 6.42 Å². The van der Waals surface area contributed by atoms with Crippen molar-refractivity contribution in [2.45, 2.75) is 25.7 Å². The third-order valence-corrected chi connectivity index (χ3v) is 4.31. The molecule has 3 rings (SSSR count). The van der Waals surface area contributed by atoms with E-state index in [1.54, 1.807) is 0 Å². The van der Waals surface area contributed by atoms with Crippen LogP contribution in [0.5, 0.6) is 0 Å². The number of para-hydroxylation sites is 1. The zero-order valence-corrected chi connectivity index (χ0v) is 12.3. The third kappa shape index (κ3) is 2.40. The monoisotopic (exact) mass is 281 g/mol. The Morgan fingerprint density at radius 2 is 1.86 bits per heavy atom. The molecule has 0 radical (unpaired) electrons. The molecule has 1 unspecified atom stereocenters. The van der Waals surface area contributed by atoms with Gasteiger partial charge in [-0.05, 0) is 35.2 Å². The second-order valence-electron chi connectivity index (χ2n) is 5.63. The molecule has 108 valence electrons. The van der Waals surface area contributed by atoms with Crippen molar-refractivity contribution in [1.29, 1.82) is 0 Å². The molecule has 2 aromatic carbocycles. The SMILES string of the molecule is CC1c2ccccc2N(C)c2ccc(CCC(=O)O)cc21. The summed E-state index contributed by atoms with van der Waals surface area (Å²) in [5.74, 6) is -0.416. The van der Waals surface area contributed by atoms with E-state index >= 15 is 0 Å². The molecular formula is C18H19NO2. The number of fused-ring (bicyclic) bond motifs is 2. The Balaban J connectivity index is 2.00. The topological polar surface area (TPSA) is 40.5 Å². The fraction of sp³-hybridized carbons (Fsp3) is 0.278. The van der Waals surface area contributed by atoms with Crippen molar-refractivity contribution in [3.63, 3.8) is 0 Å². The van der Waals surface area contributed by atoms with Gasteiger partial charge in [0.05, 0.1) is 0 Å². The molecule has 2 aromatic rings. The molecule has 1 aliphatic rings. The first-order valence-electron chi connectivity index (χ1n) is 7.25. The van der Waals surface area contributed by atoms with E-state index in [0.29, 0.717) is 12.3 Å². The van der Waals surface area contributed by atoms with Crippen LogP contribution >= 0.6 is 0 Å². The molecule has 3 heteroatoms. The molecule has 1 aliphatic heterocycles. The van der Waals surface area contributed by atoms with Gasteiger partial charge in [0.1, 0.15) is 0 Å². The first-order chi connectivity index (χ1) is 10.1. The predicted molar refractivity (Wildman–Crippen MR) is 84.4 cm³/mol. The Morgan fingerprint density at radius 3 is 2.62 bits per heavy atom. The molecule has 0 amide bonds. The number of anilines is 2. The number of carboxylic acids is 1. The van der Waals surface area contributed by atoms with Crippen LogP contribution in [0.25, 0.3) is 0 Å². The molecule has 0 fully saturated rings. The molecule has 0 bridgehead atoms. The summed E-state index contributed by atoms with van der Waals surface area (Å²) in [6.07, 6.45) is 0.764. The van der Waals surface area contributed by atoms with Crippen LogP contribution in [0.3, 0.4) is 0 Å². The van der Waals surface area contributed by atoms with Crippen molar-refractivity contribution in [3.8, 4) is 0 Å². The number of hydrogen-bond donors (Lipinski definition) is 1. The molecule has 1 heterocycles. The third-order valence-electron chi connectivity index (χ3n) is 4.31. The van der Waals surface area contributed by atoms with Gasteiger partial charge in [0.15, 0.2) is 0 Å². The maximum absolute atomic E-state index is 10.7. The quantitative estimate of drug-likeness (QED) is 0.926. The van der Waals surface area contributed by atoms with Gasteiger partial charge < -0.3 is 10.0 Å². The summed E-state index contributed by atoms with van der Waals surface area (Å²) >= 11 is 0. The zero-order valence-electron chi connectivity index (χ0n) is 12.3. The molecule has 0 spiro atoms. The van der Waals surface area contributed by atoms with E-state index in [1.165, 1.54) is 22.5 Å². The lowest BCUT2D eigenvalue weighted by molar-refractivity contribution is -0.136. The number of rotatable bonds is 3. The van der Waals surface area contributed by atoms with Gasteiger partial charge in [-0.1, -0.05) is 37.3 Å².